The summed E-state index contributed by atoms with van der Waals surface area (Å²) in [4.78, 5) is 0. The Morgan fingerprint density at radius 1 is 0.700 bits per heavy atom. The second kappa shape index (κ2) is 11.5. The van der Waals surface area contributed by atoms with Crippen molar-refractivity contribution in [2.75, 3.05) is 13.2 Å². The normalized spacial score (nSPS) is 21.0. The van der Waals surface area contributed by atoms with Gasteiger partial charge < -0.3 is 0 Å². The van der Waals surface area contributed by atoms with Crippen molar-refractivity contribution in [3.63, 3.8) is 0 Å². The molecule has 0 spiro atoms. The molecule has 0 aliphatic carbocycles. The maximum absolute atomic E-state index is 6.44. The van der Waals surface area contributed by atoms with Crippen molar-refractivity contribution in [3.05, 3.63) is 102 Å². The second-order valence-electron chi connectivity index (χ2n) is 7.53. The van der Waals surface area contributed by atoms with Gasteiger partial charge in [0.05, 0.1) is 0 Å². The molecule has 1 aliphatic heterocycles. The molecule has 0 aromatic heterocycles. The number of rotatable bonds is 10. The van der Waals surface area contributed by atoms with E-state index in [2.05, 4.69) is 66.7 Å². The molecule has 4 heteroatoms. The Labute approximate surface area is 185 Å². The molecule has 3 aromatic carbocycles. The van der Waals surface area contributed by atoms with E-state index < -0.39 is 0 Å². The van der Waals surface area contributed by atoms with Crippen molar-refractivity contribution in [2.24, 2.45) is 5.92 Å². The van der Waals surface area contributed by atoms with Gasteiger partial charge in [0.1, 0.15) is 0 Å². The molecular weight excluding hydrogens is 439 g/mol. The Morgan fingerprint density at radius 2 is 1.23 bits per heavy atom. The molecule has 0 radical (unpaired) electrons. The number of benzene rings is 3. The monoisotopic (exact) mass is 468 g/mol. The fraction of sp³-hybridized carbons (Fsp3) is 0.308. The van der Waals surface area contributed by atoms with Gasteiger partial charge in [-0.05, 0) is 0 Å². The van der Waals surface area contributed by atoms with Crippen molar-refractivity contribution in [1.82, 2.24) is 0 Å². The van der Waals surface area contributed by atoms with Crippen LogP contribution in [-0.4, -0.2) is 39.3 Å². The van der Waals surface area contributed by atoms with E-state index in [-0.39, 0.29) is 11.1 Å². The van der Waals surface area contributed by atoms with Crippen molar-refractivity contribution >= 4 is 19.4 Å². The van der Waals surface area contributed by atoms with Gasteiger partial charge in [-0.3, -0.25) is 0 Å². The first-order valence-electron chi connectivity index (χ1n) is 10.5. The summed E-state index contributed by atoms with van der Waals surface area (Å²) in [5.74, 6) is 0.361. The van der Waals surface area contributed by atoms with Crippen LogP contribution in [0.4, 0.5) is 0 Å². The number of hydrogen-bond acceptors (Lipinski definition) is 3. The summed E-state index contributed by atoms with van der Waals surface area (Å²) in [5.41, 5.74) is 2.40. The Kier molecular flexibility index (Phi) is 8.13. The fourth-order valence-electron chi connectivity index (χ4n) is 3.61. The van der Waals surface area contributed by atoms with E-state index in [0.29, 0.717) is 47.3 Å². The minimum atomic E-state index is 0.0834. The van der Waals surface area contributed by atoms with E-state index in [9.17, 15) is 0 Å². The summed E-state index contributed by atoms with van der Waals surface area (Å²) < 4.78 is 19.9. The van der Waals surface area contributed by atoms with Crippen LogP contribution in [0.5, 0.6) is 0 Å². The molecule has 0 saturated carbocycles. The van der Waals surface area contributed by atoms with Crippen LogP contribution in [0.1, 0.15) is 17.5 Å². The van der Waals surface area contributed by atoms with Crippen LogP contribution in [0.25, 0.3) is 0 Å². The van der Waals surface area contributed by atoms with Crippen molar-refractivity contribution in [2.45, 2.75) is 30.7 Å². The van der Waals surface area contributed by atoms with Crippen molar-refractivity contribution < 1.29 is 14.2 Å². The molecule has 3 nitrogen and oxygen atoms in total. The standard InChI is InChI=1S/C26H28O3Se/c1-4-10-21(11-5-1)17-27-19-23-16-26(30-24-14-8-3-9-15-24)29-25(23)20-28-18-22-12-6-2-7-13-22/h1-15,23,25-26H,16-20H2/t23-,25+,26+/m0/s1. The molecule has 4 rings (SSSR count). The molecule has 1 saturated heterocycles. The van der Waals surface area contributed by atoms with Gasteiger partial charge in [-0.1, -0.05) is 0 Å². The van der Waals surface area contributed by atoms with E-state index >= 15 is 0 Å². The average molecular weight is 467 g/mol. The first-order chi connectivity index (χ1) is 14.9. The summed E-state index contributed by atoms with van der Waals surface area (Å²) >= 11 is 0.299. The van der Waals surface area contributed by atoms with Gasteiger partial charge in [0.25, 0.3) is 0 Å². The predicted octanol–water partition coefficient (Wildman–Crippen LogP) is 4.18. The summed E-state index contributed by atoms with van der Waals surface area (Å²) in [7, 11) is 0. The quantitative estimate of drug-likeness (QED) is 0.419. The molecule has 0 amide bonds. The summed E-state index contributed by atoms with van der Waals surface area (Å²) in [5, 5.41) is 0.274. The van der Waals surface area contributed by atoms with Crippen LogP contribution < -0.4 is 4.46 Å². The molecule has 1 aliphatic rings. The van der Waals surface area contributed by atoms with E-state index in [0.717, 1.165) is 6.42 Å². The first-order valence-corrected chi connectivity index (χ1v) is 12.3. The van der Waals surface area contributed by atoms with Gasteiger partial charge in [0, 0.05) is 0 Å². The third kappa shape index (κ3) is 6.53. The Bertz CT molecular complexity index is 804. The van der Waals surface area contributed by atoms with Gasteiger partial charge in [0.2, 0.25) is 0 Å². The Morgan fingerprint density at radius 3 is 1.83 bits per heavy atom. The van der Waals surface area contributed by atoms with Crippen LogP contribution in [0.2, 0.25) is 0 Å². The summed E-state index contributed by atoms with van der Waals surface area (Å²) in [6.45, 7) is 2.57. The van der Waals surface area contributed by atoms with Crippen LogP contribution in [0.3, 0.4) is 0 Å². The van der Waals surface area contributed by atoms with Gasteiger partial charge in [0.15, 0.2) is 0 Å². The topological polar surface area (TPSA) is 27.7 Å². The Balaban J connectivity index is 1.31. The molecule has 3 atom stereocenters. The third-order valence-corrected chi connectivity index (χ3v) is 7.53. The maximum atomic E-state index is 6.44. The number of ether oxygens (including phenoxy) is 3. The fourth-order valence-corrected chi connectivity index (χ4v) is 6.04. The second-order valence-corrected chi connectivity index (χ2v) is 10.1. The molecule has 30 heavy (non-hydrogen) atoms. The third-order valence-electron chi connectivity index (χ3n) is 5.20. The molecular formula is C26H28O3Se. The van der Waals surface area contributed by atoms with Crippen LogP contribution in [-0.2, 0) is 27.4 Å². The molecule has 0 unspecified atom stereocenters. The summed E-state index contributed by atoms with van der Waals surface area (Å²) in [6, 6.07) is 31.3. The summed E-state index contributed by atoms with van der Waals surface area (Å²) in [6.07, 6.45) is 1.11. The number of hydrogen-bond donors (Lipinski definition) is 0. The predicted molar refractivity (Wildman–Crippen MR) is 121 cm³/mol. The SMILES string of the molecule is c1ccc(COC[C@@H]2C[C@@H]([Se]c3ccccc3)O[C@@H]2COCc2ccccc2)cc1. The van der Waals surface area contributed by atoms with Crippen molar-refractivity contribution in [3.8, 4) is 0 Å². The van der Waals surface area contributed by atoms with Crippen LogP contribution in [0, 0.1) is 5.92 Å². The van der Waals surface area contributed by atoms with Crippen LogP contribution in [0.15, 0.2) is 91.0 Å². The van der Waals surface area contributed by atoms with Gasteiger partial charge >= 0.3 is 186 Å². The zero-order chi connectivity index (χ0) is 20.4. The van der Waals surface area contributed by atoms with Gasteiger partial charge in [-0.15, -0.1) is 0 Å². The molecule has 156 valence electrons. The van der Waals surface area contributed by atoms with Crippen LogP contribution >= 0.6 is 0 Å². The Hall–Kier alpha value is -1.94. The van der Waals surface area contributed by atoms with E-state index in [1.807, 2.05) is 24.3 Å². The molecule has 1 heterocycles. The average Bonchev–Trinajstić information content (AvgIpc) is 3.17. The molecule has 0 bridgehead atoms. The molecule has 3 aromatic rings. The van der Waals surface area contributed by atoms with Gasteiger partial charge in [-0.25, -0.2) is 0 Å². The first kappa shape index (κ1) is 21.3. The zero-order valence-electron chi connectivity index (χ0n) is 17.1. The molecule has 0 N–H and O–H groups in total. The minimum absolute atomic E-state index is 0.0834. The zero-order valence-corrected chi connectivity index (χ0v) is 18.8. The van der Waals surface area contributed by atoms with Crippen molar-refractivity contribution in [1.29, 1.82) is 0 Å². The van der Waals surface area contributed by atoms with E-state index in [1.165, 1.54) is 15.6 Å². The molecule has 1 fully saturated rings. The van der Waals surface area contributed by atoms with E-state index in [4.69, 9.17) is 14.2 Å². The van der Waals surface area contributed by atoms with E-state index in [1.54, 1.807) is 0 Å². The van der Waals surface area contributed by atoms with Gasteiger partial charge in [-0.2, -0.15) is 0 Å².